The molecule has 1 amide bonds. The molecule has 1 aromatic heterocycles. The maximum Gasteiger partial charge on any atom is 0.255 e. The molecule has 0 bridgehead atoms. The summed E-state index contributed by atoms with van der Waals surface area (Å²) in [6.45, 7) is 2.00. The predicted molar refractivity (Wildman–Crippen MR) is 114 cm³/mol. The molecule has 4 aromatic rings. The zero-order chi connectivity index (χ0) is 20.9. The van der Waals surface area contributed by atoms with Crippen molar-refractivity contribution in [2.75, 3.05) is 12.4 Å². The van der Waals surface area contributed by atoms with E-state index >= 15 is 0 Å². The minimum Gasteiger partial charge on any atom is -0.497 e. The van der Waals surface area contributed by atoms with Crippen LogP contribution >= 0.6 is 0 Å². The molecule has 150 valence electrons. The summed E-state index contributed by atoms with van der Waals surface area (Å²) >= 11 is 0. The number of tetrazole rings is 1. The summed E-state index contributed by atoms with van der Waals surface area (Å²) < 4.78 is 5.27. The summed E-state index contributed by atoms with van der Waals surface area (Å²) in [4.78, 5) is 14.5. The zero-order valence-corrected chi connectivity index (χ0v) is 16.7. The molecule has 0 fully saturated rings. The first-order valence-electron chi connectivity index (χ1n) is 9.50. The van der Waals surface area contributed by atoms with E-state index in [1.165, 1.54) is 4.80 Å². The minimum absolute atomic E-state index is 0.250. The van der Waals surface area contributed by atoms with E-state index in [9.17, 15) is 4.79 Å². The van der Waals surface area contributed by atoms with Gasteiger partial charge in [-0.05, 0) is 42.0 Å². The second-order valence-corrected chi connectivity index (χ2v) is 6.83. The fourth-order valence-electron chi connectivity index (χ4n) is 3.08. The number of aryl methyl sites for hydroxylation is 1. The zero-order valence-electron chi connectivity index (χ0n) is 16.7. The van der Waals surface area contributed by atoms with Crippen molar-refractivity contribution >= 4 is 11.6 Å². The van der Waals surface area contributed by atoms with Gasteiger partial charge in [-0.3, -0.25) is 4.79 Å². The number of ether oxygens (including phenoxy) is 1. The quantitative estimate of drug-likeness (QED) is 0.532. The highest BCUT2D eigenvalue weighted by Crippen LogP contribution is 2.23. The van der Waals surface area contributed by atoms with Gasteiger partial charge >= 0.3 is 0 Å². The lowest BCUT2D eigenvalue weighted by atomic mass is 10.1. The van der Waals surface area contributed by atoms with Crippen LogP contribution in [0.1, 0.15) is 17.2 Å². The van der Waals surface area contributed by atoms with Gasteiger partial charge in [-0.15, -0.1) is 15.0 Å². The van der Waals surface area contributed by atoms with Crippen molar-refractivity contribution in [1.82, 2.24) is 20.2 Å². The number of anilines is 1. The molecule has 1 atom stereocenters. The monoisotopic (exact) mass is 399 g/mol. The Morgan fingerprint density at radius 1 is 1.00 bits per heavy atom. The number of benzene rings is 3. The van der Waals surface area contributed by atoms with Crippen LogP contribution in [0.2, 0.25) is 0 Å². The van der Waals surface area contributed by atoms with Crippen LogP contribution in [0.5, 0.6) is 5.75 Å². The molecule has 0 aliphatic heterocycles. The molecule has 0 aliphatic rings. The molecule has 0 unspecified atom stereocenters. The van der Waals surface area contributed by atoms with Crippen LogP contribution in [0.3, 0.4) is 0 Å². The van der Waals surface area contributed by atoms with E-state index in [2.05, 4.69) is 20.7 Å². The van der Waals surface area contributed by atoms with Crippen LogP contribution in [-0.2, 0) is 4.79 Å². The lowest BCUT2D eigenvalue weighted by Crippen LogP contribution is -2.28. The van der Waals surface area contributed by atoms with Gasteiger partial charge in [0.25, 0.3) is 5.91 Å². The number of methoxy groups -OCH3 is 1. The van der Waals surface area contributed by atoms with Crippen LogP contribution in [0.25, 0.3) is 11.4 Å². The third-order valence-electron chi connectivity index (χ3n) is 4.67. The number of rotatable bonds is 6. The third kappa shape index (κ3) is 4.20. The van der Waals surface area contributed by atoms with Crippen LogP contribution in [0.15, 0.2) is 78.9 Å². The molecule has 1 heterocycles. The van der Waals surface area contributed by atoms with E-state index in [4.69, 9.17) is 4.74 Å². The number of carbonyl (C=O) groups excluding carboxylic acids is 1. The van der Waals surface area contributed by atoms with Crippen molar-refractivity contribution in [3.63, 3.8) is 0 Å². The van der Waals surface area contributed by atoms with Gasteiger partial charge in [-0.2, -0.15) is 0 Å². The van der Waals surface area contributed by atoms with E-state index in [0.29, 0.717) is 17.3 Å². The van der Waals surface area contributed by atoms with Crippen molar-refractivity contribution in [2.45, 2.75) is 13.0 Å². The van der Waals surface area contributed by atoms with Crippen molar-refractivity contribution in [2.24, 2.45) is 0 Å². The Morgan fingerprint density at radius 3 is 2.50 bits per heavy atom. The molecule has 3 aromatic carbocycles. The molecule has 0 saturated heterocycles. The fraction of sp³-hybridized carbons (Fsp3) is 0.130. The van der Waals surface area contributed by atoms with Gasteiger partial charge in [0.2, 0.25) is 5.82 Å². The van der Waals surface area contributed by atoms with Crippen molar-refractivity contribution < 1.29 is 9.53 Å². The smallest absolute Gasteiger partial charge is 0.255 e. The summed E-state index contributed by atoms with van der Waals surface area (Å²) in [5.41, 5.74) is 3.34. The summed E-state index contributed by atoms with van der Waals surface area (Å²) in [7, 11) is 1.60. The van der Waals surface area contributed by atoms with Gasteiger partial charge in [0.1, 0.15) is 5.75 Å². The number of aromatic nitrogens is 4. The Bertz CT molecular complexity index is 1140. The lowest BCUT2D eigenvalue weighted by molar-refractivity contribution is -0.118. The molecule has 30 heavy (non-hydrogen) atoms. The fourth-order valence-corrected chi connectivity index (χ4v) is 3.08. The Morgan fingerprint density at radius 2 is 1.77 bits per heavy atom. The molecular weight excluding hydrogens is 378 g/mol. The van der Waals surface area contributed by atoms with Crippen molar-refractivity contribution in [3.8, 4) is 17.1 Å². The lowest BCUT2D eigenvalue weighted by Gasteiger charge is -2.16. The predicted octanol–water partition coefficient (Wildman–Crippen LogP) is 3.89. The number of nitrogens with zero attached hydrogens (tertiary/aromatic N) is 4. The van der Waals surface area contributed by atoms with Gasteiger partial charge in [0.15, 0.2) is 6.04 Å². The van der Waals surface area contributed by atoms with Gasteiger partial charge in [0, 0.05) is 11.3 Å². The first-order valence-corrected chi connectivity index (χ1v) is 9.50. The van der Waals surface area contributed by atoms with Gasteiger partial charge in [0.05, 0.1) is 7.11 Å². The first-order chi connectivity index (χ1) is 14.6. The largest absolute Gasteiger partial charge is 0.497 e. The highest BCUT2D eigenvalue weighted by molar-refractivity contribution is 5.95. The molecule has 1 N–H and O–H groups in total. The normalized spacial score (nSPS) is 11.7. The molecule has 7 nitrogen and oxygen atoms in total. The highest BCUT2D eigenvalue weighted by Gasteiger charge is 2.26. The summed E-state index contributed by atoms with van der Waals surface area (Å²) in [5.74, 6) is 0.859. The number of carbonyl (C=O) groups is 1. The molecule has 0 aliphatic carbocycles. The van der Waals surface area contributed by atoms with Gasteiger partial charge < -0.3 is 10.1 Å². The van der Waals surface area contributed by atoms with Crippen molar-refractivity contribution in [3.05, 3.63) is 90.0 Å². The summed E-state index contributed by atoms with van der Waals surface area (Å²) in [5, 5.41) is 15.8. The number of nitrogens with one attached hydrogen (secondary N) is 1. The second-order valence-electron chi connectivity index (χ2n) is 6.83. The van der Waals surface area contributed by atoms with E-state index < -0.39 is 6.04 Å². The SMILES string of the molecule is COc1cccc(-c2nnn([C@H](C(=O)Nc3ccc(C)cc3)c3ccccc3)n2)c1. The third-order valence-corrected chi connectivity index (χ3v) is 4.67. The second kappa shape index (κ2) is 8.57. The van der Waals surface area contributed by atoms with Gasteiger partial charge in [-0.25, -0.2) is 0 Å². The Kier molecular flexibility index (Phi) is 5.52. The van der Waals surface area contributed by atoms with Crippen LogP contribution in [0.4, 0.5) is 5.69 Å². The first kappa shape index (κ1) is 19.3. The molecule has 4 rings (SSSR count). The van der Waals surface area contributed by atoms with Crippen LogP contribution in [0, 0.1) is 6.92 Å². The highest BCUT2D eigenvalue weighted by atomic mass is 16.5. The summed E-state index contributed by atoms with van der Waals surface area (Å²) in [6.07, 6.45) is 0. The van der Waals surface area contributed by atoms with E-state index in [1.54, 1.807) is 7.11 Å². The number of hydrogen-bond acceptors (Lipinski definition) is 5. The van der Waals surface area contributed by atoms with Crippen LogP contribution in [-0.4, -0.2) is 33.2 Å². The molecule has 7 heteroatoms. The molecular formula is C23H21N5O2. The number of amides is 1. The maximum absolute atomic E-state index is 13.2. The van der Waals surface area contributed by atoms with E-state index in [-0.39, 0.29) is 5.91 Å². The van der Waals surface area contributed by atoms with Gasteiger partial charge in [-0.1, -0.05) is 60.2 Å². The summed E-state index contributed by atoms with van der Waals surface area (Å²) in [6, 6.07) is 23.6. The molecule has 0 radical (unpaired) electrons. The standard InChI is InChI=1S/C23H21N5O2/c1-16-11-13-19(14-12-16)24-23(29)21(17-7-4-3-5-8-17)28-26-22(25-27-28)18-9-6-10-20(15-18)30-2/h3-15,21H,1-2H3,(H,24,29)/t21-/m0/s1. The van der Waals surface area contributed by atoms with Crippen LogP contribution < -0.4 is 10.1 Å². The average molecular weight is 399 g/mol. The maximum atomic E-state index is 13.2. The minimum atomic E-state index is -0.764. The van der Waals surface area contributed by atoms with E-state index in [1.807, 2.05) is 85.8 Å². The Labute approximate surface area is 174 Å². The number of hydrogen-bond donors (Lipinski definition) is 1. The Hall–Kier alpha value is -4.00. The average Bonchev–Trinajstić information content (AvgIpc) is 3.26. The van der Waals surface area contributed by atoms with E-state index in [0.717, 1.165) is 16.7 Å². The molecule has 0 saturated carbocycles. The Balaban J connectivity index is 1.67. The topological polar surface area (TPSA) is 81.9 Å². The van der Waals surface area contributed by atoms with Crippen molar-refractivity contribution in [1.29, 1.82) is 0 Å². The molecule has 0 spiro atoms.